The number of morpholine rings is 1. The molecule has 0 spiro atoms. The number of anilines is 1. The van der Waals surface area contributed by atoms with E-state index in [1.54, 1.807) is 36.0 Å². The summed E-state index contributed by atoms with van der Waals surface area (Å²) in [5, 5.41) is 0. The summed E-state index contributed by atoms with van der Waals surface area (Å²) < 4.78 is 49.4. The van der Waals surface area contributed by atoms with Gasteiger partial charge in [-0.3, -0.25) is 9.62 Å². The first-order valence-corrected chi connectivity index (χ1v) is 15.7. The highest BCUT2D eigenvalue weighted by molar-refractivity contribution is 7.99. The van der Waals surface area contributed by atoms with Gasteiger partial charge in [-0.15, -0.1) is 11.8 Å². The third-order valence-corrected chi connectivity index (χ3v) is 9.33. The number of hydrogen-bond donors (Lipinski definition) is 1. The molecule has 7 nitrogen and oxygen atoms in total. The standard InChI is InChI=1S/C23H33N3O4S3/c1-32(27,28)25-21-9-11-23(12-10-21)33(29,24-13-14-26-15-17-30-18-16-26)20-6-5-19-31-22-7-3-2-4-8-22/h2-4,7-12,25H,5-6,13-20H2,1H3. The van der Waals surface area contributed by atoms with Gasteiger partial charge in [0, 0.05) is 40.9 Å². The van der Waals surface area contributed by atoms with Gasteiger partial charge in [0.15, 0.2) is 0 Å². The monoisotopic (exact) mass is 511 g/mol. The van der Waals surface area contributed by atoms with Crippen LogP contribution in [0.4, 0.5) is 5.69 Å². The third kappa shape index (κ3) is 9.29. The largest absolute Gasteiger partial charge is 0.379 e. The van der Waals surface area contributed by atoms with Crippen LogP contribution >= 0.6 is 11.8 Å². The van der Waals surface area contributed by atoms with Crippen molar-refractivity contribution in [1.82, 2.24) is 4.90 Å². The molecule has 1 saturated heterocycles. The Kier molecular flexibility index (Phi) is 10.1. The average Bonchev–Trinajstić information content (AvgIpc) is 2.80. The number of rotatable bonds is 12. The van der Waals surface area contributed by atoms with Gasteiger partial charge in [-0.25, -0.2) is 17.0 Å². The number of thioether (sulfide) groups is 1. The van der Waals surface area contributed by atoms with Crippen molar-refractivity contribution < 1.29 is 17.4 Å². The summed E-state index contributed by atoms with van der Waals surface area (Å²) in [6.45, 7) is 4.46. The maximum absolute atomic E-state index is 13.9. The van der Waals surface area contributed by atoms with Gasteiger partial charge in [-0.2, -0.15) is 0 Å². The van der Waals surface area contributed by atoms with Crippen LogP contribution in [0.3, 0.4) is 0 Å². The van der Waals surface area contributed by atoms with Gasteiger partial charge in [0.05, 0.1) is 35.7 Å². The predicted molar refractivity (Wildman–Crippen MR) is 137 cm³/mol. The normalized spacial score (nSPS) is 16.8. The lowest BCUT2D eigenvalue weighted by atomic mass is 10.3. The van der Waals surface area contributed by atoms with Gasteiger partial charge in [0.1, 0.15) is 0 Å². The first-order valence-electron chi connectivity index (χ1n) is 11.1. The summed E-state index contributed by atoms with van der Waals surface area (Å²) in [6.07, 6.45) is 2.87. The molecule has 2 aromatic rings. The fourth-order valence-electron chi connectivity index (χ4n) is 3.47. The molecule has 1 heterocycles. The maximum atomic E-state index is 13.9. The van der Waals surface area contributed by atoms with Crippen molar-refractivity contribution in [3.05, 3.63) is 54.6 Å². The van der Waals surface area contributed by atoms with Gasteiger partial charge in [-0.1, -0.05) is 18.2 Å². The molecule has 1 fully saturated rings. The highest BCUT2D eigenvalue weighted by Gasteiger charge is 2.15. The molecule has 0 aromatic heterocycles. The summed E-state index contributed by atoms with van der Waals surface area (Å²) >= 11 is 1.80. The second kappa shape index (κ2) is 12.8. The first-order chi connectivity index (χ1) is 15.8. The van der Waals surface area contributed by atoms with Crippen LogP contribution < -0.4 is 4.72 Å². The molecule has 182 valence electrons. The van der Waals surface area contributed by atoms with E-state index >= 15 is 0 Å². The fourth-order valence-corrected chi connectivity index (χ4v) is 7.01. The van der Waals surface area contributed by atoms with Crippen molar-refractivity contribution in [2.45, 2.75) is 22.6 Å². The Morgan fingerprint density at radius 1 is 1.00 bits per heavy atom. The van der Waals surface area contributed by atoms with E-state index < -0.39 is 19.8 Å². The Morgan fingerprint density at radius 2 is 1.70 bits per heavy atom. The Bertz CT molecular complexity index is 1080. The van der Waals surface area contributed by atoms with E-state index in [0.29, 0.717) is 22.9 Å². The zero-order chi connectivity index (χ0) is 23.6. The average molecular weight is 512 g/mol. The Balaban J connectivity index is 1.64. The summed E-state index contributed by atoms with van der Waals surface area (Å²) in [6, 6.07) is 17.0. The van der Waals surface area contributed by atoms with E-state index in [1.807, 2.05) is 18.2 Å². The molecule has 1 N–H and O–H groups in total. The SMILES string of the molecule is CS(=O)(=O)Nc1ccc(S(=O)(CCCCSc2ccccc2)=NCCN2CCOCC2)cc1. The topological polar surface area (TPSA) is 88.1 Å². The summed E-state index contributed by atoms with van der Waals surface area (Å²) in [4.78, 5) is 4.17. The minimum atomic E-state index is -3.36. The number of sulfonamides is 1. The lowest BCUT2D eigenvalue weighted by molar-refractivity contribution is 0.0395. The summed E-state index contributed by atoms with van der Waals surface area (Å²) in [5.41, 5.74) is 0.454. The molecule has 2 aromatic carbocycles. The third-order valence-electron chi connectivity index (χ3n) is 5.17. The second-order valence-corrected chi connectivity index (χ2v) is 13.3. The van der Waals surface area contributed by atoms with Crippen molar-refractivity contribution in [3.8, 4) is 0 Å². The fraction of sp³-hybridized carbons (Fsp3) is 0.478. The Hall–Kier alpha value is -1.59. The first kappa shape index (κ1) is 26.0. The van der Waals surface area contributed by atoms with Crippen LogP contribution in [0, 0.1) is 0 Å². The molecule has 0 bridgehead atoms. The van der Waals surface area contributed by atoms with Crippen molar-refractivity contribution in [2.24, 2.45) is 4.36 Å². The van der Waals surface area contributed by atoms with Crippen LogP contribution in [0.1, 0.15) is 12.8 Å². The van der Waals surface area contributed by atoms with Crippen LogP contribution in [-0.2, 0) is 24.5 Å². The smallest absolute Gasteiger partial charge is 0.229 e. The minimum absolute atomic E-state index is 0.454. The van der Waals surface area contributed by atoms with E-state index in [0.717, 1.165) is 57.7 Å². The van der Waals surface area contributed by atoms with Crippen molar-refractivity contribution >= 4 is 37.2 Å². The number of nitrogens with one attached hydrogen (secondary N) is 1. The summed E-state index contributed by atoms with van der Waals surface area (Å²) in [7, 11) is -5.95. The molecule has 1 aliphatic rings. The van der Waals surface area contributed by atoms with Crippen LogP contribution in [-0.4, -0.2) is 74.7 Å². The quantitative estimate of drug-likeness (QED) is 0.345. The molecular weight excluding hydrogens is 478 g/mol. The minimum Gasteiger partial charge on any atom is -0.379 e. The molecular formula is C23H33N3O4S3. The number of nitrogens with zero attached hydrogens (tertiary/aromatic N) is 2. The van der Waals surface area contributed by atoms with Crippen molar-refractivity contribution in [3.63, 3.8) is 0 Å². The molecule has 0 saturated carbocycles. The van der Waals surface area contributed by atoms with Gasteiger partial charge in [0.2, 0.25) is 10.0 Å². The van der Waals surface area contributed by atoms with Crippen LogP contribution in [0.5, 0.6) is 0 Å². The number of benzene rings is 2. The highest BCUT2D eigenvalue weighted by atomic mass is 32.2. The molecule has 0 radical (unpaired) electrons. The van der Waals surface area contributed by atoms with Gasteiger partial charge >= 0.3 is 0 Å². The molecule has 1 unspecified atom stereocenters. The van der Waals surface area contributed by atoms with Gasteiger partial charge < -0.3 is 4.74 Å². The number of ether oxygens (including phenoxy) is 1. The van der Waals surface area contributed by atoms with Gasteiger partial charge in [-0.05, 0) is 55.0 Å². The van der Waals surface area contributed by atoms with Crippen LogP contribution in [0.15, 0.2) is 68.8 Å². The zero-order valence-electron chi connectivity index (χ0n) is 19.0. The molecule has 0 aliphatic carbocycles. The lowest BCUT2D eigenvalue weighted by Crippen LogP contribution is -2.37. The second-order valence-electron chi connectivity index (χ2n) is 7.92. The zero-order valence-corrected chi connectivity index (χ0v) is 21.5. The van der Waals surface area contributed by atoms with Gasteiger partial charge in [0.25, 0.3) is 0 Å². The maximum Gasteiger partial charge on any atom is 0.229 e. The Labute approximate surface area is 202 Å². The number of unbranched alkanes of at least 4 members (excludes halogenated alkanes) is 1. The highest BCUT2D eigenvalue weighted by Crippen LogP contribution is 2.22. The molecule has 3 rings (SSSR count). The molecule has 10 heteroatoms. The van der Waals surface area contributed by atoms with Crippen LogP contribution in [0.25, 0.3) is 0 Å². The van der Waals surface area contributed by atoms with E-state index in [4.69, 9.17) is 4.74 Å². The molecule has 0 amide bonds. The van der Waals surface area contributed by atoms with E-state index in [2.05, 4.69) is 26.1 Å². The van der Waals surface area contributed by atoms with E-state index in [1.165, 1.54) is 4.90 Å². The van der Waals surface area contributed by atoms with E-state index in [9.17, 15) is 12.6 Å². The van der Waals surface area contributed by atoms with Crippen LogP contribution in [0.2, 0.25) is 0 Å². The number of hydrogen-bond acceptors (Lipinski definition) is 7. The van der Waals surface area contributed by atoms with Crippen molar-refractivity contribution in [2.75, 3.05) is 61.9 Å². The van der Waals surface area contributed by atoms with Crippen molar-refractivity contribution in [1.29, 1.82) is 0 Å². The summed E-state index contributed by atoms with van der Waals surface area (Å²) in [5.74, 6) is 1.45. The molecule has 33 heavy (non-hydrogen) atoms. The lowest BCUT2D eigenvalue weighted by Gasteiger charge is -2.25. The molecule has 1 aliphatic heterocycles. The molecule has 1 atom stereocenters. The predicted octanol–water partition coefficient (Wildman–Crippen LogP) is 3.79. The van der Waals surface area contributed by atoms with E-state index in [-0.39, 0.29) is 0 Å². The Morgan fingerprint density at radius 3 is 2.36 bits per heavy atom.